The number of anilines is 2. The fourth-order valence-electron chi connectivity index (χ4n) is 6.94. The zero-order valence-corrected chi connectivity index (χ0v) is 26.6. The molecular weight excluding hydrogens is 596 g/mol. The van der Waals surface area contributed by atoms with E-state index in [1.54, 1.807) is 39.0 Å². The van der Waals surface area contributed by atoms with Crippen LogP contribution in [0, 0.1) is 17.6 Å². The standard InChI is InChI=1S/C34H41F2N5O5/c1-34(2,3)46-33(45)22-4-5-27(25(35)16-22)39-10-8-21(9-11-39)19-38-12-14-40(15-13-38)29-17-23-20-41(32(44)24(23)18-26(29)36)28-6-7-30(42)37-31(28)43/h4-5,16-18,21,28H,6-15,19-20H2,1-3H3,(H,37,42,43)/t28-/m0/s1. The van der Waals surface area contributed by atoms with Crippen LogP contribution in [0.4, 0.5) is 20.2 Å². The third-order valence-electron chi connectivity index (χ3n) is 9.36. The predicted molar refractivity (Wildman–Crippen MR) is 168 cm³/mol. The van der Waals surface area contributed by atoms with Gasteiger partial charge in [0.1, 0.15) is 23.3 Å². The molecule has 0 spiro atoms. The molecule has 2 aromatic rings. The third-order valence-corrected chi connectivity index (χ3v) is 9.36. The number of nitrogens with one attached hydrogen (secondary N) is 1. The molecule has 0 radical (unpaired) electrons. The van der Waals surface area contributed by atoms with Gasteiger partial charge in [-0.3, -0.25) is 24.6 Å². The van der Waals surface area contributed by atoms with Crippen molar-refractivity contribution < 1.29 is 32.7 Å². The molecule has 0 saturated carbocycles. The van der Waals surface area contributed by atoms with Crippen molar-refractivity contribution >= 4 is 35.1 Å². The number of carbonyl (C=O) groups excluding carboxylic acids is 4. The van der Waals surface area contributed by atoms with Crippen LogP contribution in [0.1, 0.15) is 72.7 Å². The number of benzene rings is 2. The zero-order valence-electron chi connectivity index (χ0n) is 26.6. The summed E-state index contributed by atoms with van der Waals surface area (Å²) in [7, 11) is 0. The summed E-state index contributed by atoms with van der Waals surface area (Å²) in [6, 6.07) is 6.82. The van der Waals surface area contributed by atoms with Gasteiger partial charge in [-0.15, -0.1) is 0 Å². The van der Waals surface area contributed by atoms with Gasteiger partial charge in [0, 0.05) is 64.3 Å². The smallest absolute Gasteiger partial charge is 0.338 e. The van der Waals surface area contributed by atoms with Crippen LogP contribution in [0.2, 0.25) is 0 Å². The molecule has 4 aliphatic heterocycles. The van der Waals surface area contributed by atoms with E-state index >= 15 is 4.39 Å². The average Bonchev–Trinajstić information content (AvgIpc) is 3.31. The molecule has 6 rings (SSSR count). The van der Waals surface area contributed by atoms with Crippen LogP contribution in [0.25, 0.3) is 0 Å². The van der Waals surface area contributed by atoms with E-state index in [4.69, 9.17) is 4.74 Å². The van der Waals surface area contributed by atoms with Crippen LogP contribution in [-0.2, 0) is 20.9 Å². The van der Waals surface area contributed by atoms with E-state index in [0.29, 0.717) is 35.9 Å². The molecule has 3 amide bonds. The van der Waals surface area contributed by atoms with Crippen LogP contribution in [-0.4, -0.2) is 90.9 Å². The normalized spacial score (nSPS) is 21.5. The Balaban J connectivity index is 0.995. The first-order valence-corrected chi connectivity index (χ1v) is 16.1. The number of nitrogens with zero attached hydrogens (tertiary/aromatic N) is 4. The van der Waals surface area contributed by atoms with Crippen molar-refractivity contribution in [2.45, 2.75) is 64.6 Å². The van der Waals surface area contributed by atoms with Gasteiger partial charge >= 0.3 is 5.97 Å². The summed E-state index contributed by atoms with van der Waals surface area (Å²) < 4.78 is 35.7. The Labute approximate surface area is 267 Å². The van der Waals surface area contributed by atoms with E-state index in [0.717, 1.165) is 45.6 Å². The molecule has 12 heteroatoms. The summed E-state index contributed by atoms with van der Waals surface area (Å²) in [5.41, 5.74) is 1.48. The van der Waals surface area contributed by atoms with Crippen molar-refractivity contribution in [1.29, 1.82) is 0 Å². The van der Waals surface area contributed by atoms with Crippen molar-refractivity contribution in [1.82, 2.24) is 15.1 Å². The summed E-state index contributed by atoms with van der Waals surface area (Å²) in [6.07, 6.45) is 2.28. The highest BCUT2D eigenvalue weighted by Gasteiger charge is 2.40. The maximum Gasteiger partial charge on any atom is 0.338 e. The largest absolute Gasteiger partial charge is 0.456 e. The Morgan fingerprint density at radius 3 is 2.22 bits per heavy atom. The highest BCUT2D eigenvalue weighted by atomic mass is 19.1. The third kappa shape index (κ3) is 6.72. The van der Waals surface area contributed by atoms with Gasteiger partial charge in [0.2, 0.25) is 11.8 Å². The predicted octanol–water partition coefficient (Wildman–Crippen LogP) is 3.72. The van der Waals surface area contributed by atoms with Gasteiger partial charge in [0.05, 0.1) is 16.9 Å². The van der Waals surface area contributed by atoms with Crippen LogP contribution in [0.15, 0.2) is 30.3 Å². The number of rotatable bonds is 6. The number of carbonyl (C=O) groups is 4. The highest BCUT2D eigenvalue weighted by Crippen LogP contribution is 2.33. The molecule has 4 aliphatic rings. The Hall–Kier alpha value is -4.06. The Kier molecular flexibility index (Phi) is 8.75. The van der Waals surface area contributed by atoms with Gasteiger partial charge < -0.3 is 19.4 Å². The van der Waals surface area contributed by atoms with E-state index < -0.39 is 35.2 Å². The summed E-state index contributed by atoms with van der Waals surface area (Å²) in [4.78, 5) is 57.1. The van der Waals surface area contributed by atoms with Gasteiger partial charge in [-0.2, -0.15) is 0 Å². The molecular formula is C34H41F2N5O5. The number of hydrogen-bond acceptors (Lipinski definition) is 8. The van der Waals surface area contributed by atoms with Crippen LogP contribution >= 0.6 is 0 Å². The first kappa shape index (κ1) is 31.9. The van der Waals surface area contributed by atoms with Gasteiger partial charge in [-0.1, -0.05) is 0 Å². The van der Waals surface area contributed by atoms with E-state index in [9.17, 15) is 23.6 Å². The van der Waals surface area contributed by atoms with Crippen molar-refractivity contribution in [2.75, 3.05) is 55.6 Å². The molecule has 4 heterocycles. The van der Waals surface area contributed by atoms with Crippen molar-refractivity contribution in [2.24, 2.45) is 5.92 Å². The Bertz CT molecular complexity index is 1540. The molecule has 10 nitrogen and oxygen atoms in total. The SMILES string of the molecule is CC(C)(C)OC(=O)c1ccc(N2CCC(CN3CCN(c4cc5c(cc4F)C(=O)N([C@H]4CCC(=O)NC4=O)C5)CC3)CC2)c(F)c1. The molecule has 2 aromatic carbocycles. The molecule has 3 saturated heterocycles. The number of fused-ring (bicyclic) bond motifs is 1. The van der Waals surface area contributed by atoms with E-state index in [1.165, 1.54) is 17.0 Å². The number of esters is 1. The lowest BCUT2D eigenvalue weighted by atomic mass is 9.95. The molecule has 3 fully saturated rings. The summed E-state index contributed by atoms with van der Waals surface area (Å²) in [5, 5.41) is 2.29. The van der Waals surface area contributed by atoms with E-state index in [1.807, 2.05) is 9.80 Å². The van der Waals surface area contributed by atoms with Crippen LogP contribution in [0.3, 0.4) is 0 Å². The fraction of sp³-hybridized carbons (Fsp3) is 0.529. The molecule has 246 valence electrons. The van der Waals surface area contributed by atoms with Crippen molar-refractivity contribution in [3.63, 3.8) is 0 Å². The molecule has 46 heavy (non-hydrogen) atoms. The second-order valence-electron chi connectivity index (χ2n) is 13.7. The van der Waals surface area contributed by atoms with Gasteiger partial charge in [0.15, 0.2) is 0 Å². The molecule has 0 aromatic heterocycles. The number of imide groups is 1. The Morgan fingerprint density at radius 1 is 0.891 bits per heavy atom. The monoisotopic (exact) mass is 637 g/mol. The summed E-state index contributed by atoms with van der Waals surface area (Å²) in [5.74, 6) is -2.17. The first-order valence-electron chi connectivity index (χ1n) is 16.1. The number of piperidine rings is 2. The van der Waals surface area contributed by atoms with Gasteiger partial charge in [0.25, 0.3) is 5.91 Å². The second-order valence-corrected chi connectivity index (χ2v) is 13.7. The summed E-state index contributed by atoms with van der Waals surface area (Å²) in [6.45, 7) is 10.8. The zero-order chi connectivity index (χ0) is 32.7. The maximum atomic E-state index is 15.3. The van der Waals surface area contributed by atoms with Crippen molar-refractivity contribution in [3.8, 4) is 0 Å². The lowest BCUT2D eigenvalue weighted by Gasteiger charge is -2.40. The number of piperazine rings is 1. The first-order chi connectivity index (χ1) is 21.9. The second kappa shape index (κ2) is 12.6. The lowest BCUT2D eigenvalue weighted by molar-refractivity contribution is -0.136. The van der Waals surface area contributed by atoms with Gasteiger partial charge in [-0.25, -0.2) is 13.6 Å². The molecule has 0 unspecified atom stereocenters. The number of amides is 3. The van der Waals surface area contributed by atoms with Crippen LogP contribution in [0.5, 0.6) is 0 Å². The van der Waals surface area contributed by atoms with E-state index in [2.05, 4.69) is 10.2 Å². The topological polar surface area (TPSA) is 102 Å². The summed E-state index contributed by atoms with van der Waals surface area (Å²) >= 11 is 0. The number of hydrogen-bond donors (Lipinski definition) is 1. The minimum Gasteiger partial charge on any atom is -0.456 e. The highest BCUT2D eigenvalue weighted by molar-refractivity contribution is 6.05. The molecule has 1 atom stereocenters. The van der Waals surface area contributed by atoms with Gasteiger partial charge in [-0.05, 0) is 81.8 Å². The average molecular weight is 638 g/mol. The maximum absolute atomic E-state index is 15.3. The Morgan fingerprint density at radius 2 is 1.57 bits per heavy atom. The minimum absolute atomic E-state index is 0.170. The minimum atomic E-state index is -0.733. The quantitative estimate of drug-likeness (QED) is 0.378. The fourth-order valence-corrected chi connectivity index (χ4v) is 6.94. The van der Waals surface area contributed by atoms with E-state index in [-0.39, 0.29) is 42.3 Å². The molecule has 0 aliphatic carbocycles. The molecule has 0 bridgehead atoms. The van der Waals surface area contributed by atoms with Crippen molar-refractivity contribution in [3.05, 3.63) is 58.7 Å². The van der Waals surface area contributed by atoms with Crippen LogP contribution < -0.4 is 15.1 Å². The number of halogens is 2. The lowest BCUT2D eigenvalue weighted by Crippen LogP contribution is -2.52. The molecule has 1 N–H and O–H groups in total. The number of ether oxygens (including phenoxy) is 1.